The number of Topliss-reactive ketones (excluding diaryl/α,β-unsaturated/α-hetero) is 1. The van der Waals surface area contributed by atoms with Gasteiger partial charge in [-0.2, -0.15) is 0 Å². The van der Waals surface area contributed by atoms with Gasteiger partial charge in [-0.3, -0.25) is 4.79 Å². The number of aliphatic hydroxyl groups is 1. The molecule has 0 aliphatic heterocycles. The van der Waals surface area contributed by atoms with Gasteiger partial charge >= 0.3 is 0 Å². The first-order chi connectivity index (χ1) is 12.7. The van der Waals surface area contributed by atoms with E-state index in [9.17, 15) is 9.90 Å². The van der Waals surface area contributed by atoms with Crippen LogP contribution in [0, 0.1) is 5.92 Å². The average molecular weight is 369 g/mol. The van der Waals surface area contributed by atoms with Gasteiger partial charge in [0.05, 0.1) is 12.5 Å². The molecule has 0 saturated carbocycles. The number of imidazole rings is 1. The van der Waals surface area contributed by atoms with Crippen molar-refractivity contribution in [2.75, 3.05) is 6.61 Å². The summed E-state index contributed by atoms with van der Waals surface area (Å²) >= 11 is 1.38. The van der Waals surface area contributed by atoms with Crippen molar-refractivity contribution in [1.82, 2.24) is 15.0 Å². The molecule has 7 heteroatoms. The summed E-state index contributed by atoms with van der Waals surface area (Å²) in [5, 5.41) is 12.9. The van der Waals surface area contributed by atoms with Gasteiger partial charge in [0, 0.05) is 36.0 Å². The predicted molar refractivity (Wildman–Crippen MR) is 97.4 cm³/mol. The van der Waals surface area contributed by atoms with Crippen molar-refractivity contribution in [3.63, 3.8) is 0 Å². The summed E-state index contributed by atoms with van der Waals surface area (Å²) < 4.78 is 5.78. The van der Waals surface area contributed by atoms with Crippen molar-refractivity contribution < 1.29 is 14.6 Å². The number of H-pyrrole nitrogens is 1. The number of aromatic nitrogens is 3. The summed E-state index contributed by atoms with van der Waals surface area (Å²) in [5.41, 5.74) is 1.66. The van der Waals surface area contributed by atoms with E-state index in [1.165, 1.54) is 11.3 Å². The van der Waals surface area contributed by atoms with E-state index in [4.69, 9.17) is 4.74 Å². The Labute approximate surface area is 154 Å². The summed E-state index contributed by atoms with van der Waals surface area (Å²) in [4.78, 5) is 24.1. The van der Waals surface area contributed by atoms with Gasteiger partial charge in [0.2, 0.25) is 0 Å². The lowest BCUT2D eigenvalue weighted by molar-refractivity contribution is 0.0637. The number of hydrogen-bond acceptors (Lipinski definition) is 6. The SMILES string of the molecule is O=C1c2ccc(OCCc3ncc[nH]3)cc2CCC1C(O)c1nccs1. The fourth-order valence-electron chi connectivity index (χ4n) is 3.30. The van der Waals surface area contributed by atoms with Crippen LogP contribution in [-0.2, 0) is 12.8 Å². The number of aryl methyl sites for hydroxylation is 1. The second-order valence-corrected chi connectivity index (χ2v) is 7.20. The highest BCUT2D eigenvalue weighted by molar-refractivity contribution is 7.09. The van der Waals surface area contributed by atoms with Crippen molar-refractivity contribution in [3.05, 3.63) is 64.1 Å². The molecular weight excluding hydrogens is 350 g/mol. The van der Waals surface area contributed by atoms with Gasteiger partial charge in [0.25, 0.3) is 0 Å². The van der Waals surface area contributed by atoms with E-state index in [0.29, 0.717) is 30.0 Å². The standard InChI is InChI=1S/C19H19N3O3S/c23-17-14-4-2-13(25-9-5-16-20-6-7-21-16)11-12(14)1-3-15(17)18(24)19-22-8-10-26-19/h2,4,6-8,10-11,15,18,24H,1,3,5,9H2,(H,20,21). The van der Waals surface area contributed by atoms with Crippen LogP contribution in [0.4, 0.5) is 0 Å². The van der Waals surface area contributed by atoms with Gasteiger partial charge < -0.3 is 14.8 Å². The maximum absolute atomic E-state index is 12.8. The molecule has 2 atom stereocenters. The molecule has 0 bridgehead atoms. The molecule has 3 aromatic rings. The highest BCUT2D eigenvalue weighted by Gasteiger charge is 2.34. The van der Waals surface area contributed by atoms with Gasteiger partial charge in [0.1, 0.15) is 22.7 Å². The molecule has 2 unspecified atom stereocenters. The number of rotatable bonds is 6. The van der Waals surface area contributed by atoms with Crippen LogP contribution in [0.3, 0.4) is 0 Å². The van der Waals surface area contributed by atoms with Crippen LogP contribution in [0.15, 0.2) is 42.2 Å². The zero-order valence-corrected chi connectivity index (χ0v) is 14.9. The fourth-order valence-corrected chi connectivity index (χ4v) is 3.99. The minimum absolute atomic E-state index is 0.0175. The van der Waals surface area contributed by atoms with E-state index in [1.807, 2.05) is 17.5 Å². The lowest BCUT2D eigenvalue weighted by Crippen LogP contribution is -2.28. The maximum Gasteiger partial charge on any atom is 0.169 e. The molecule has 1 aliphatic carbocycles. The molecule has 0 saturated heterocycles. The first-order valence-corrected chi connectivity index (χ1v) is 9.46. The number of aliphatic hydroxyl groups excluding tert-OH is 1. The van der Waals surface area contributed by atoms with E-state index in [-0.39, 0.29) is 5.78 Å². The molecule has 2 heterocycles. The Morgan fingerprint density at radius 1 is 1.35 bits per heavy atom. The molecule has 0 fully saturated rings. The lowest BCUT2D eigenvalue weighted by atomic mass is 9.80. The van der Waals surface area contributed by atoms with E-state index in [0.717, 1.165) is 23.6 Å². The highest BCUT2D eigenvalue weighted by atomic mass is 32.1. The summed E-state index contributed by atoms with van der Waals surface area (Å²) in [6.07, 6.45) is 6.38. The van der Waals surface area contributed by atoms with Crippen LogP contribution in [0.1, 0.15) is 39.3 Å². The number of carbonyl (C=O) groups excluding carboxylic acids is 1. The Kier molecular flexibility index (Phi) is 4.81. The van der Waals surface area contributed by atoms with Crippen molar-refractivity contribution in [2.45, 2.75) is 25.4 Å². The van der Waals surface area contributed by atoms with E-state index < -0.39 is 12.0 Å². The van der Waals surface area contributed by atoms with Crippen LogP contribution in [0.2, 0.25) is 0 Å². The highest BCUT2D eigenvalue weighted by Crippen LogP contribution is 2.36. The normalized spacial score (nSPS) is 17.7. The minimum Gasteiger partial charge on any atom is -0.493 e. The minimum atomic E-state index is -0.833. The van der Waals surface area contributed by atoms with Crippen LogP contribution < -0.4 is 4.74 Å². The first-order valence-electron chi connectivity index (χ1n) is 8.58. The third kappa shape index (κ3) is 3.40. The monoisotopic (exact) mass is 369 g/mol. The Balaban J connectivity index is 1.43. The Morgan fingerprint density at radius 2 is 2.27 bits per heavy atom. The number of aromatic amines is 1. The molecule has 2 aromatic heterocycles. The molecule has 0 spiro atoms. The van der Waals surface area contributed by atoms with Crippen LogP contribution in [-0.4, -0.2) is 32.4 Å². The largest absolute Gasteiger partial charge is 0.493 e. The van der Waals surface area contributed by atoms with Crippen molar-refractivity contribution in [3.8, 4) is 5.75 Å². The number of carbonyl (C=O) groups is 1. The molecule has 4 rings (SSSR count). The second kappa shape index (κ2) is 7.39. The number of hydrogen-bond donors (Lipinski definition) is 2. The van der Waals surface area contributed by atoms with Crippen molar-refractivity contribution in [2.24, 2.45) is 5.92 Å². The number of ketones is 1. The van der Waals surface area contributed by atoms with E-state index in [2.05, 4.69) is 15.0 Å². The number of thiazole rings is 1. The van der Waals surface area contributed by atoms with Crippen molar-refractivity contribution in [1.29, 1.82) is 0 Å². The van der Waals surface area contributed by atoms with Crippen LogP contribution in [0.5, 0.6) is 5.75 Å². The molecular formula is C19H19N3O3S. The molecule has 1 aliphatic rings. The molecule has 134 valence electrons. The number of nitrogens with zero attached hydrogens (tertiary/aromatic N) is 2. The number of nitrogens with one attached hydrogen (secondary N) is 1. The zero-order chi connectivity index (χ0) is 17.9. The van der Waals surface area contributed by atoms with Gasteiger partial charge in [-0.25, -0.2) is 9.97 Å². The smallest absolute Gasteiger partial charge is 0.169 e. The van der Waals surface area contributed by atoms with Crippen molar-refractivity contribution >= 4 is 17.1 Å². The Hall–Kier alpha value is -2.51. The molecule has 6 nitrogen and oxygen atoms in total. The van der Waals surface area contributed by atoms with Crippen LogP contribution >= 0.6 is 11.3 Å². The molecule has 1 aromatic carbocycles. The zero-order valence-electron chi connectivity index (χ0n) is 14.1. The lowest BCUT2D eigenvalue weighted by Gasteiger charge is -2.26. The third-order valence-corrected chi connectivity index (χ3v) is 5.50. The Bertz CT molecular complexity index is 878. The average Bonchev–Trinajstić information content (AvgIpc) is 3.35. The summed E-state index contributed by atoms with van der Waals surface area (Å²) in [5.74, 6) is 1.19. The summed E-state index contributed by atoms with van der Waals surface area (Å²) in [6.45, 7) is 0.519. The van der Waals surface area contributed by atoms with Gasteiger partial charge in [0.15, 0.2) is 5.78 Å². The Morgan fingerprint density at radius 3 is 3.04 bits per heavy atom. The van der Waals surface area contributed by atoms with E-state index >= 15 is 0 Å². The third-order valence-electron chi connectivity index (χ3n) is 4.65. The number of fused-ring (bicyclic) bond motifs is 1. The summed E-state index contributed by atoms with van der Waals surface area (Å²) in [7, 11) is 0. The topological polar surface area (TPSA) is 88.1 Å². The molecule has 0 amide bonds. The van der Waals surface area contributed by atoms with Gasteiger partial charge in [-0.15, -0.1) is 11.3 Å². The number of ether oxygens (including phenoxy) is 1. The quantitative estimate of drug-likeness (QED) is 0.697. The molecule has 0 radical (unpaired) electrons. The molecule has 26 heavy (non-hydrogen) atoms. The number of benzene rings is 1. The first kappa shape index (κ1) is 16.9. The van der Waals surface area contributed by atoms with E-state index in [1.54, 1.807) is 24.7 Å². The predicted octanol–water partition coefficient (Wildman–Crippen LogP) is 2.97. The van der Waals surface area contributed by atoms with Crippen LogP contribution in [0.25, 0.3) is 0 Å². The fraction of sp³-hybridized carbons (Fsp3) is 0.316. The van der Waals surface area contributed by atoms with Gasteiger partial charge in [-0.1, -0.05) is 0 Å². The summed E-state index contributed by atoms with van der Waals surface area (Å²) in [6, 6.07) is 5.55. The van der Waals surface area contributed by atoms with Gasteiger partial charge in [-0.05, 0) is 36.6 Å². The second-order valence-electron chi connectivity index (χ2n) is 6.28. The maximum atomic E-state index is 12.8. The molecule has 2 N–H and O–H groups in total.